The lowest BCUT2D eigenvalue weighted by Gasteiger charge is -2.17. The molecule has 3 rings (SSSR count). The van der Waals surface area contributed by atoms with Crippen molar-refractivity contribution in [2.45, 2.75) is 32.7 Å². The highest BCUT2D eigenvalue weighted by molar-refractivity contribution is 5.56. The number of nitrogens with one attached hydrogen (secondary N) is 2. The van der Waals surface area contributed by atoms with Gasteiger partial charge in [0.1, 0.15) is 5.75 Å². The standard InChI is InChI=1S/C19H27N7O/c1-12(2)16-11-22-26-17(16)24-18(21-9-8-20)25-19(26)23-13(3)14-6-5-7-15(10-14)27-4/h5-7,10-13H,8-9,20H2,1-4H3,(H2,21,23,24,25)/t13-/m0/s1. The summed E-state index contributed by atoms with van der Waals surface area (Å²) in [5.74, 6) is 2.29. The van der Waals surface area contributed by atoms with Crippen LogP contribution in [-0.4, -0.2) is 39.8 Å². The molecule has 1 atom stereocenters. The number of methoxy groups -OCH3 is 1. The third kappa shape index (κ3) is 4.11. The minimum absolute atomic E-state index is 0.00672. The summed E-state index contributed by atoms with van der Waals surface area (Å²) in [4.78, 5) is 9.22. The highest BCUT2D eigenvalue weighted by Crippen LogP contribution is 2.25. The van der Waals surface area contributed by atoms with Gasteiger partial charge < -0.3 is 21.1 Å². The van der Waals surface area contributed by atoms with Gasteiger partial charge in [0.25, 0.3) is 0 Å². The minimum atomic E-state index is 0.00672. The van der Waals surface area contributed by atoms with Crippen LogP contribution in [0.5, 0.6) is 5.75 Å². The number of fused-ring (bicyclic) bond motifs is 1. The Morgan fingerprint density at radius 1 is 1.22 bits per heavy atom. The predicted octanol–water partition coefficient (Wildman–Crippen LogP) is 2.80. The molecule has 144 valence electrons. The highest BCUT2D eigenvalue weighted by Gasteiger charge is 2.17. The van der Waals surface area contributed by atoms with Crippen LogP contribution in [0.2, 0.25) is 0 Å². The molecule has 27 heavy (non-hydrogen) atoms. The van der Waals surface area contributed by atoms with E-state index in [0.717, 1.165) is 22.5 Å². The van der Waals surface area contributed by atoms with Crippen molar-refractivity contribution in [2.24, 2.45) is 5.73 Å². The van der Waals surface area contributed by atoms with E-state index in [1.807, 2.05) is 24.4 Å². The van der Waals surface area contributed by atoms with Gasteiger partial charge in [0.2, 0.25) is 11.9 Å². The topological polar surface area (TPSA) is 102 Å². The minimum Gasteiger partial charge on any atom is -0.497 e. The van der Waals surface area contributed by atoms with Crippen molar-refractivity contribution < 1.29 is 4.74 Å². The van der Waals surface area contributed by atoms with Crippen LogP contribution in [-0.2, 0) is 0 Å². The molecule has 2 heterocycles. The number of benzene rings is 1. The third-order valence-electron chi connectivity index (χ3n) is 4.38. The lowest BCUT2D eigenvalue weighted by Crippen LogP contribution is -2.18. The monoisotopic (exact) mass is 369 g/mol. The second kappa shape index (κ2) is 8.22. The van der Waals surface area contributed by atoms with Gasteiger partial charge in [-0.1, -0.05) is 26.0 Å². The van der Waals surface area contributed by atoms with Gasteiger partial charge in [-0.15, -0.1) is 0 Å². The normalized spacial score (nSPS) is 12.4. The molecule has 4 N–H and O–H groups in total. The molecule has 2 aromatic heterocycles. The van der Waals surface area contributed by atoms with E-state index in [2.05, 4.69) is 52.5 Å². The quantitative estimate of drug-likeness (QED) is 0.561. The first-order valence-electron chi connectivity index (χ1n) is 9.13. The van der Waals surface area contributed by atoms with Crippen LogP contribution in [0.25, 0.3) is 5.65 Å². The molecule has 0 unspecified atom stereocenters. The Balaban J connectivity index is 1.98. The molecule has 1 aromatic carbocycles. The molecular weight excluding hydrogens is 342 g/mol. The van der Waals surface area contributed by atoms with E-state index in [1.165, 1.54) is 0 Å². The number of aromatic nitrogens is 4. The molecule has 0 saturated heterocycles. The van der Waals surface area contributed by atoms with Crippen LogP contribution < -0.4 is 21.1 Å². The van der Waals surface area contributed by atoms with Gasteiger partial charge >= 0.3 is 0 Å². The summed E-state index contributed by atoms with van der Waals surface area (Å²) in [5, 5.41) is 11.1. The summed E-state index contributed by atoms with van der Waals surface area (Å²) in [5.41, 5.74) is 8.56. The number of nitrogens with zero attached hydrogens (tertiary/aromatic N) is 4. The zero-order valence-corrected chi connectivity index (χ0v) is 16.2. The van der Waals surface area contributed by atoms with Crippen molar-refractivity contribution in [2.75, 3.05) is 30.8 Å². The fourth-order valence-electron chi connectivity index (χ4n) is 2.85. The molecule has 0 fully saturated rings. The van der Waals surface area contributed by atoms with Crippen LogP contribution in [0, 0.1) is 0 Å². The summed E-state index contributed by atoms with van der Waals surface area (Å²) in [6, 6.07) is 7.96. The van der Waals surface area contributed by atoms with Gasteiger partial charge in [-0.3, -0.25) is 0 Å². The van der Waals surface area contributed by atoms with Crippen LogP contribution >= 0.6 is 0 Å². The second-order valence-electron chi connectivity index (χ2n) is 6.72. The average molecular weight is 369 g/mol. The Morgan fingerprint density at radius 2 is 2.04 bits per heavy atom. The molecule has 0 saturated carbocycles. The molecule has 8 heteroatoms. The first-order valence-corrected chi connectivity index (χ1v) is 9.13. The van der Waals surface area contributed by atoms with E-state index < -0.39 is 0 Å². The molecule has 0 amide bonds. The van der Waals surface area contributed by atoms with Crippen molar-refractivity contribution >= 4 is 17.5 Å². The van der Waals surface area contributed by atoms with E-state index in [9.17, 15) is 0 Å². The molecule has 0 bridgehead atoms. The van der Waals surface area contributed by atoms with Gasteiger partial charge in [0, 0.05) is 18.7 Å². The zero-order chi connectivity index (χ0) is 19.4. The Labute approximate surface area is 159 Å². The summed E-state index contributed by atoms with van der Waals surface area (Å²) in [6.45, 7) is 7.43. The van der Waals surface area contributed by atoms with Gasteiger partial charge in [0.15, 0.2) is 5.65 Å². The van der Waals surface area contributed by atoms with Crippen LogP contribution in [0.15, 0.2) is 30.5 Å². The summed E-state index contributed by atoms with van der Waals surface area (Å²) in [7, 11) is 1.66. The third-order valence-corrected chi connectivity index (χ3v) is 4.38. The lowest BCUT2D eigenvalue weighted by atomic mass is 10.1. The molecule has 8 nitrogen and oxygen atoms in total. The van der Waals surface area contributed by atoms with E-state index in [4.69, 9.17) is 10.5 Å². The van der Waals surface area contributed by atoms with Gasteiger partial charge in [0.05, 0.1) is 19.3 Å². The summed E-state index contributed by atoms with van der Waals surface area (Å²) < 4.78 is 7.08. The average Bonchev–Trinajstić information content (AvgIpc) is 3.11. The van der Waals surface area contributed by atoms with Crippen molar-refractivity contribution in [1.29, 1.82) is 0 Å². The first kappa shape index (κ1) is 18.9. The van der Waals surface area contributed by atoms with E-state index >= 15 is 0 Å². The number of hydrogen-bond donors (Lipinski definition) is 3. The fraction of sp³-hybridized carbons (Fsp3) is 0.421. The Morgan fingerprint density at radius 3 is 2.74 bits per heavy atom. The zero-order valence-electron chi connectivity index (χ0n) is 16.2. The number of rotatable bonds is 8. The summed E-state index contributed by atoms with van der Waals surface area (Å²) in [6.07, 6.45) is 1.85. The van der Waals surface area contributed by atoms with E-state index in [-0.39, 0.29) is 6.04 Å². The molecule has 0 aliphatic rings. The number of hydrogen-bond acceptors (Lipinski definition) is 7. The van der Waals surface area contributed by atoms with Crippen molar-refractivity contribution in [3.63, 3.8) is 0 Å². The lowest BCUT2D eigenvalue weighted by molar-refractivity contribution is 0.414. The molecular formula is C19H27N7O. The predicted molar refractivity (Wildman–Crippen MR) is 107 cm³/mol. The fourth-order valence-corrected chi connectivity index (χ4v) is 2.85. The van der Waals surface area contributed by atoms with Gasteiger partial charge in [-0.25, -0.2) is 0 Å². The maximum Gasteiger partial charge on any atom is 0.229 e. The molecule has 0 radical (unpaired) electrons. The van der Waals surface area contributed by atoms with Crippen molar-refractivity contribution in [1.82, 2.24) is 19.6 Å². The SMILES string of the molecule is COc1cccc([C@H](C)Nc2nc(NCCN)nc3c(C(C)C)cnn23)c1. The largest absolute Gasteiger partial charge is 0.497 e. The van der Waals surface area contributed by atoms with Crippen LogP contribution in [0.4, 0.5) is 11.9 Å². The van der Waals surface area contributed by atoms with Crippen molar-refractivity contribution in [3.05, 3.63) is 41.6 Å². The van der Waals surface area contributed by atoms with Gasteiger partial charge in [-0.2, -0.15) is 19.6 Å². The first-order chi connectivity index (χ1) is 13.0. The van der Waals surface area contributed by atoms with E-state index in [0.29, 0.717) is 30.9 Å². The summed E-state index contributed by atoms with van der Waals surface area (Å²) >= 11 is 0. The second-order valence-corrected chi connectivity index (χ2v) is 6.72. The number of nitrogens with two attached hydrogens (primary N) is 1. The van der Waals surface area contributed by atoms with Crippen molar-refractivity contribution in [3.8, 4) is 5.75 Å². The Hall–Kier alpha value is -2.87. The molecule has 3 aromatic rings. The van der Waals surface area contributed by atoms with Crippen LogP contribution in [0.3, 0.4) is 0 Å². The molecule has 0 aliphatic carbocycles. The molecule has 0 spiro atoms. The van der Waals surface area contributed by atoms with Gasteiger partial charge in [-0.05, 0) is 30.5 Å². The Bertz CT molecular complexity index is 906. The maximum atomic E-state index is 5.61. The number of anilines is 2. The molecule has 0 aliphatic heterocycles. The number of ether oxygens (including phenoxy) is 1. The maximum absolute atomic E-state index is 5.61. The van der Waals surface area contributed by atoms with Crippen LogP contribution in [0.1, 0.15) is 43.9 Å². The smallest absolute Gasteiger partial charge is 0.229 e. The highest BCUT2D eigenvalue weighted by atomic mass is 16.5. The Kier molecular flexibility index (Phi) is 5.75. The van der Waals surface area contributed by atoms with E-state index in [1.54, 1.807) is 11.6 Å².